The highest BCUT2D eigenvalue weighted by atomic mass is 15.0. The van der Waals surface area contributed by atoms with Crippen LogP contribution in [0, 0.1) is 0 Å². The maximum Gasteiger partial charge on any atom is 0.136 e. The summed E-state index contributed by atoms with van der Waals surface area (Å²) in [5.41, 5.74) is 6.45. The van der Waals surface area contributed by atoms with E-state index in [4.69, 9.17) is 5.73 Å². The lowest BCUT2D eigenvalue weighted by molar-refractivity contribution is 1.23. The zero-order chi connectivity index (χ0) is 8.55. The molecule has 2 rings (SSSR count). The van der Waals surface area contributed by atoms with E-state index in [0.717, 1.165) is 16.7 Å². The van der Waals surface area contributed by atoms with Gasteiger partial charge in [0.25, 0.3) is 0 Å². The number of rotatable bonds is 1. The fraction of sp³-hybridized carbons (Fsp3) is 0.143. The molecule has 5 nitrogen and oxygen atoms in total. The standard InChI is InChI=1S/C7H9N5/c1-9-7-5-4(2-10-7)6(8)12-3-11-5/h2-3,9-10H,1H3,(H2,8,11,12). The summed E-state index contributed by atoms with van der Waals surface area (Å²) in [5.74, 6) is 1.36. The zero-order valence-electron chi connectivity index (χ0n) is 6.63. The second-order valence-electron chi connectivity index (χ2n) is 2.43. The third-order valence-electron chi connectivity index (χ3n) is 1.76. The number of aromatic amines is 1. The number of nitrogens with zero attached hydrogens (tertiary/aromatic N) is 2. The van der Waals surface area contributed by atoms with Crippen LogP contribution in [0.15, 0.2) is 12.5 Å². The molecule has 0 spiro atoms. The van der Waals surface area contributed by atoms with E-state index >= 15 is 0 Å². The van der Waals surface area contributed by atoms with Gasteiger partial charge in [-0.3, -0.25) is 0 Å². The molecule has 0 saturated carbocycles. The molecular weight excluding hydrogens is 154 g/mol. The van der Waals surface area contributed by atoms with Crippen LogP contribution in [0.25, 0.3) is 10.9 Å². The van der Waals surface area contributed by atoms with Crippen LogP contribution >= 0.6 is 0 Å². The first-order valence-electron chi connectivity index (χ1n) is 3.58. The van der Waals surface area contributed by atoms with Gasteiger partial charge in [0, 0.05) is 13.2 Å². The van der Waals surface area contributed by atoms with Gasteiger partial charge in [0.05, 0.1) is 5.39 Å². The largest absolute Gasteiger partial charge is 0.383 e. The average Bonchev–Trinajstić information content (AvgIpc) is 2.49. The van der Waals surface area contributed by atoms with Crippen molar-refractivity contribution in [1.82, 2.24) is 15.0 Å². The van der Waals surface area contributed by atoms with Gasteiger partial charge in [0.1, 0.15) is 23.5 Å². The van der Waals surface area contributed by atoms with Crippen molar-refractivity contribution in [2.24, 2.45) is 0 Å². The van der Waals surface area contributed by atoms with E-state index in [-0.39, 0.29) is 0 Å². The van der Waals surface area contributed by atoms with Crippen molar-refractivity contribution >= 4 is 22.5 Å². The Labute approximate surface area is 69.0 Å². The molecule has 0 radical (unpaired) electrons. The van der Waals surface area contributed by atoms with Crippen molar-refractivity contribution in [3.8, 4) is 0 Å². The molecule has 0 amide bonds. The van der Waals surface area contributed by atoms with Gasteiger partial charge < -0.3 is 16.0 Å². The molecule has 0 aliphatic carbocycles. The van der Waals surface area contributed by atoms with Crippen LogP contribution in [0.4, 0.5) is 11.6 Å². The van der Waals surface area contributed by atoms with E-state index in [1.54, 1.807) is 6.20 Å². The number of hydrogen-bond donors (Lipinski definition) is 3. The van der Waals surface area contributed by atoms with E-state index in [1.807, 2.05) is 7.05 Å². The Morgan fingerprint density at radius 3 is 3.08 bits per heavy atom. The first-order valence-corrected chi connectivity index (χ1v) is 3.58. The van der Waals surface area contributed by atoms with Crippen LogP contribution < -0.4 is 11.1 Å². The van der Waals surface area contributed by atoms with Gasteiger partial charge in [0.15, 0.2) is 0 Å². The molecule has 2 aromatic heterocycles. The molecule has 0 saturated heterocycles. The van der Waals surface area contributed by atoms with Crippen LogP contribution in [0.2, 0.25) is 0 Å². The van der Waals surface area contributed by atoms with Crippen molar-refractivity contribution < 1.29 is 0 Å². The van der Waals surface area contributed by atoms with Crippen molar-refractivity contribution in [2.45, 2.75) is 0 Å². The summed E-state index contributed by atoms with van der Waals surface area (Å²) in [4.78, 5) is 11.0. The first kappa shape index (κ1) is 6.90. The van der Waals surface area contributed by atoms with Crippen molar-refractivity contribution in [3.63, 3.8) is 0 Å². The van der Waals surface area contributed by atoms with Gasteiger partial charge in [-0.25, -0.2) is 9.97 Å². The Balaban J connectivity index is 2.80. The number of aromatic nitrogens is 3. The van der Waals surface area contributed by atoms with Gasteiger partial charge in [0.2, 0.25) is 0 Å². The van der Waals surface area contributed by atoms with E-state index in [2.05, 4.69) is 20.3 Å². The number of nitrogens with two attached hydrogens (primary N) is 1. The highest BCUT2D eigenvalue weighted by molar-refractivity contribution is 5.95. The summed E-state index contributed by atoms with van der Waals surface area (Å²) in [5, 5.41) is 3.82. The van der Waals surface area contributed by atoms with Crippen LogP contribution in [0.1, 0.15) is 0 Å². The summed E-state index contributed by atoms with van der Waals surface area (Å²) in [6.07, 6.45) is 3.24. The van der Waals surface area contributed by atoms with Gasteiger partial charge in [-0.2, -0.15) is 0 Å². The molecule has 0 aliphatic rings. The summed E-state index contributed by atoms with van der Waals surface area (Å²) < 4.78 is 0. The minimum Gasteiger partial charge on any atom is -0.383 e. The fourth-order valence-electron chi connectivity index (χ4n) is 1.15. The van der Waals surface area contributed by atoms with E-state index in [0.29, 0.717) is 5.82 Å². The van der Waals surface area contributed by atoms with Crippen LogP contribution in [-0.2, 0) is 0 Å². The van der Waals surface area contributed by atoms with E-state index in [1.165, 1.54) is 6.33 Å². The summed E-state index contributed by atoms with van der Waals surface area (Å²) >= 11 is 0. The fourth-order valence-corrected chi connectivity index (χ4v) is 1.15. The lowest BCUT2D eigenvalue weighted by atomic mass is 10.3. The molecule has 0 aromatic carbocycles. The SMILES string of the molecule is CNc1[nH]cc2c(N)ncnc12. The molecule has 5 heteroatoms. The highest BCUT2D eigenvalue weighted by Gasteiger charge is 2.05. The number of nitrogens with one attached hydrogen (secondary N) is 2. The molecule has 0 atom stereocenters. The molecule has 0 bridgehead atoms. The number of nitrogen functional groups attached to an aromatic ring is 1. The smallest absolute Gasteiger partial charge is 0.136 e. The molecular formula is C7H9N5. The third kappa shape index (κ3) is 0.795. The number of H-pyrrole nitrogens is 1. The molecule has 0 unspecified atom stereocenters. The minimum atomic E-state index is 0.498. The van der Waals surface area contributed by atoms with Crippen molar-refractivity contribution in [2.75, 3.05) is 18.1 Å². The lowest BCUT2D eigenvalue weighted by Gasteiger charge is -1.95. The molecule has 2 aromatic rings. The third-order valence-corrected chi connectivity index (χ3v) is 1.76. The van der Waals surface area contributed by atoms with Crippen LogP contribution in [0.3, 0.4) is 0 Å². The zero-order valence-corrected chi connectivity index (χ0v) is 6.63. The molecule has 62 valence electrons. The molecule has 0 fully saturated rings. The number of anilines is 2. The average molecular weight is 163 g/mol. The second-order valence-corrected chi connectivity index (χ2v) is 2.43. The molecule has 12 heavy (non-hydrogen) atoms. The Kier molecular flexibility index (Phi) is 1.36. The Morgan fingerprint density at radius 2 is 2.33 bits per heavy atom. The van der Waals surface area contributed by atoms with Crippen LogP contribution in [0.5, 0.6) is 0 Å². The molecule has 0 aliphatic heterocycles. The van der Waals surface area contributed by atoms with E-state index in [9.17, 15) is 0 Å². The number of fused-ring (bicyclic) bond motifs is 1. The maximum atomic E-state index is 5.63. The quantitative estimate of drug-likeness (QED) is 0.574. The molecule has 4 N–H and O–H groups in total. The van der Waals surface area contributed by atoms with Gasteiger partial charge in [-0.1, -0.05) is 0 Å². The monoisotopic (exact) mass is 163 g/mol. The molecule has 2 heterocycles. The summed E-state index contributed by atoms with van der Waals surface area (Å²) in [6.45, 7) is 0. The Morgan fingerprint density at radius 1 is 1.50 bits per heavy atom. The normalized spacial score (nSPS) is 10.4. The highest BCUT2D eigenvalue weighted by Crippen LogP contribution is 2.22. The van der Waals surface area contributed by atoms with E-state index < -0.39 is 0 Å². The van der Waals surface area contributed by atoms with Gasteiger partial charge >= 0.3 is 0 Å². The predicted octanol–water partition coefficient (Wildman–Crippen LogP) is 0.582. The Hall–Kier alpha value is -1.78. The topological polar surface area (TPSA) is 79.6 Å². The minimum absolute atomic E-state index is 0.498. The summed E-state index contributed by atoms with van der Waals surface area (Å²) in [7, 11) is 1.82. The van der Waals surface area contributed by atoms with Crippen LogP contribution in [-0.4, -0.2) is 22.0 Å². The predicted molar refractivity (Wildman–Crippen MR) is 47.8 cm³/mol. The van der Waals surface area contributed by atoms with Gasteiger partial charge in [-0.15, -0.1) is 0 Å². The lowest BCUT2D eigenvalue weighted by Crippen LogP contribution is -1.92. The maximum absolute atomic E-state index is 5.63. The van der Waals surface area contributed by atoms with Gasteiger partial charge in [-0.05, 0) is 0 Å². The van der Waals surface area contributed by atoms with Crippen molar-refractivity contribution in [1.29, 1.82) is 0 Å². The first-order chi connectivity index (χ1) is 5.83. The second kappa shape index (κ2) is 2.37. The Bertz CT molecular complexity index is 405. The number of hydrogen-bond acceptors (Lipinski definition) is 4. The van der Waals surface area contributed by atoms with Crippen molar-refractivity contribution in [3.05, 3.63) is 12.5 Å². The summed E-state index contributed by atoms with van der Waals surface area (Å²) in [6, 6.07) is 0.